The van der Waals surface area contributed by atoms with Crippen molar-refractivity contribution in [2.45, 2.75) is 20.3 Å². The number of aromatic nitrogens is 1. The van der Waals surface area contributed by atoms with Crippen LogP contribution in [0.15, 0.2) is 21.9 Å². The van der Waals surface area contributed by atoms with Gasteiger partial charge in [-0.3, -0.25) is 0 Å². The Labute approximate surface area is 103 Å². The molecule has 2 rings (SSSR count). The molecule has 0 atom stereocenters. The van der Waals surface area contributed by atoms with E-state index < -0.39 is 5.97 Å². The van der Waals surface area contributed by atoms with Gasteiger partial charge in [-0.05, 0) is 17.4 Å². The monoisotopic (exact) mass is 251 g/mol. The molecule has 2 aromatic heterocycles. The molecule has 0 spiro atoms. The standard InChI is InChI=1S/C12H13NO3S/c1-7(2)6-8-10(12(14)15)13-11(16-8)9-4-3-5-17-9/h3-5,7H,6H2,1-2H3,(H,14,15). The van der Waals surface area contributed by atoms with Crippen molar-refractivity contribution in [3.05, 3.63) is 29.0 Å². The Kier molecular flexibility index (Phi) is 3.28. The van der Waals surface area contributed by atoms with Gasteiger partial charge in [0.25, 0.3) is 0 Å². The fourth-order valence-electron chi connectivity index (χ4n) is 1.53. The molecule has 1 N–H and O–H groups in total. The van der Waals surface area contributed by atoms with E-state index >= 15 is 0 Å². The van der Waals surface area contributed by atoms with Crippen molar-refractivity contribution in [1.29, 1.82) is 0 Å². The Morgan fingerprint density at radius 2 is 2.35 bits per heavy atom. The normalized spacial score (nSPS) is 11.0. The molecule has 0 unspecified atom stereocenters. The second-order valence-electron chi connectivity index (χ2n) is 4.17. The highest BCUT2D eigenvalue weighted by Crippen LogP contribution is 2.27. The van der Waals surface area contributed by atoms with E-state index in [0.29, 0.717) is 24.0 Å². The molecule has 0 aliphatic rings. The molecule has 0 saturated heterocycles. The minimum Gasteiger partial charge on any atom is -0.476 e. The summed E-state index contributed by atoms with van der Waals surface area (Å²) >= 11 is 1.48. The van der Waals surface area contributed by atoms with Crippen molar-refractivity contribution in [3.63, 3.8) is 0 Å². The minimum atomic E-state index is -1.03. The van der Waals surface area contributed by atoms with Crippen LogP contribution in [0.4, 0.5) is 0 Å². The third kappa shape index (κ3) is 2.55. The number of nitrogens with zero attached hydrogens (tertiary/aromatic N) is 1. The Balaban J connectivity index is 2.41. The summed E-state index contributed by atoms with van der Waals surface area (Å²) in [4.78, 5) is 16.0. The van der Waals surface area contributed by atoms with Gasteiger partial charge in [-0.15, -0.1) is 11.3 Å². The Bertz CT molecular complexity index is 514. The number of carbonyl (C=O) groups is 1. The number of aromatic carboxylic acids is 1. The zero-order valence-electron chi connectivity index (χ0n) is 9.64. The van der Waals surface area contributed by atoms with Gasteiger partial charge >= 0.3 is 5.97 Å². The average molecular weight is 251 g/mol. The van der Waals surface area contributed by atoms with Crippen LogP contribution in [-0.4, -0.2) is 16.1 Å². The van der Waals surface area contributed by atoms with Crippen LogP contribution in [0.3, 0.4) is 0 Å². The van der Waals surface area contributed by atoms with Gasteiger partial charge in [-0.1, -0.05) is 19.9 Å². The van der Waals surface area contributed by atoms with Crippen molar-refractivity contribution < 1.29 is 14.3 Å². The molecular formula is C12H13NO3S. The first-order valence-electron chi connectivity index (χ1n) is 5.34. The molecular weight excluding hydrogens is 238 g/mol. The van der Waals surface area contributed by atoms with E-state index in [1.807, 2.05) is 31.4 Å². The largest absolute Gasteiger partial charge is 0.476 e. The van der Waals surface area contributed by atoms with E-state index in [2.05, 4.69) is 4.98 Å². The van der Waals surface area contributed by atoms with E-state index in [0.717, 1.165) is 4.88 Å². The summed E-state index contributed by atoms with van der Waals surface area (Å²) in [7, 11) is 0. The van der Waals surface area contributed by atoms with Crippen LogP contribution in [0, 0.1) is 5.92 Å². The summed E-state index contributed by atoms with van der Waals surface area (Å²) in [5, 5.41) is 11.0. The second kappa shape index (κ2) is 4.71. The summed E-state index contributed by atoms with van der Waals surface area (Å²) in [6, 6.07) is 3.74. The maximum Gasteiger partial charge on any atom is 0.358 e. The van der Waals surface area contributed by atoms with Crippen LogP contribution in [0.1, 0.15) is 30.1 Å². The van der Waals surface area contributed by atoms with E-state index in [-0.39, 0.29) is 5.69 Å². The number of rotatable bonds is 4. The van der Waals surface area contributed by atoms with Crippen LogP contribution in [0.25, 0.3) is 10.8 Å². The Morgan fingerprint density at radius 1 is 1.59 bits per heavy atom. The molecule has 0 radical (unpaired) electrons. The molecule has 0 aliphatic carbocycles. The van der Waals surface area contributed by atoms with Gasteiger partial charge in [0, 0.05) is 6.42 Å². The number of hydrogen-bond acceptors (Lipinski definition) is 4. The van der Waals surface area contributed by atoms with Gasteiger partial charge in [0.05, 0.1) is 4.88 Å². The summed E-state index contributed by atoms with van der Waals surface area (Å²) in [5.74, 6) is 0.147. The van der Waals surface area contributed by atoms with Crippen molar-refractivity contribution >= 4 is 17.3 Å². The molecule has 17 heavy (non-hydrogen) atoms. The molecule has 0 fully saturated rings. The third-order valence-electron chi connectivity index (χ3n) is 2.23. The van der Waals surface area contributed by atoms with Crippen molar-refractivity contribution in [2.24, 2.45) is 5.92 Å². The highest BCUT2D eigenvalue weighted by molar-refractivity contribution is 7.13. The molecule has 0 aliphatic heterocycles. The highest BCUT2D eigenvalue weighted by Gasteiger charge is 2.21. The van der Waals surface area contributed by atoms with Crippen LogP contribution in [0.5, 0.6) is 0 Å². The van der Waals surface area contributed by atoms with Gasteiger partial charge in [0.15, 0.2) is 5.69 Å². The predicted molar refractivity (Wildman–Crippen MR) is 65.3 cm³/mol. The molecule has 4 nitrogen and oxygen atoms in total. The van der Waals surface area contributed by atoms with Crippen molar-refractivity contribution in [1.82, 2.24) is 4.98 Å². The third-order valence-corrected chi connectivity index (χ3v) is 3.08. The number of hydrogen-bond donors (Lipinski definition) is 1. The maximum atomic E-state index is 11.1. The van der Waals surface area contributed by atoms with Gasteiger partial charge in [0.1, 0.15) is 5.76 Å². The van der Waals surface area contributed by atoms with Crippen LogP contribution in [0.2, 0.25) is 0 Å². The van der Waals surface area contributed by atoms with Crippen LogP contribution >= 0.6 is 11.3 Å². The van der Waals surface area contributed by atoms with Crippen molar-refractivity contribution in [2.75, 3.05) is 0 Å². The first-order valence-corrected chi connectivity index (χ1v) is 6.22. The average Bonchev–Trinajstić information content (AvgIpc) is 2.82. The molecule has 5 heteroatoms. The fourth-order valence-corrected chi connectivity index (χ4v) is 2.18. The van der Waals surface area contributed by atoms with E-state index in [4.69, 9.17) is 9.52 Å². The number of oxazole rings is 1. The Morgan fingerprint density at radius 3 is 2.88 bits per heavy atom. The first-order chi connectivity index (χ1) is 8.08. The smallest absolute Gasteiger partial charge is 0.358 e. The minimum absolute atomic E-state index is 0.0297. The second-order valence-corrected chi connectivity index (χ2v) is 5.12. The van der Waals surface area contributed by atoms with Gasteiger partial charge in [-0.25, -0.2) is 9.78 Å². The van der Waals surface area contributed by atoms with E-state index in [1.54, 1.807) is 0 Å². The first kappa shape index (κ1) is 11.9. The number of thiophene rings is 1. The highest BCUT2D eigenvalue weighted by atomic mass is 32.1. The summed E-state index contributed by atoms with van der Waals surface area (Å²) in [6.45, 7) is 4.03. The molecule has 0 aromatic carbocycles. The lowest BCUT2D eigenvalue weighted by atomic mass is 10.1. The zero-order chi connectivity index (χ0) is 12.4. The van der Waals surface area contributed by atoms with Crippen LogP contribution < -0.4 is 0 Å². The molecule has 0 amide bonds. The van der Waals surface area contributed by atoms with E-state index in [9.17, 15) is 4.79 Å². The molecule has 90 valence electrons. The molecule has 0 bridgehead atoms. The van der Waals surface area contributed by atoms with Gasteiger partial charge in [-0.2, -0.15) is 0 Å². The summed E-state index contributed by atoms with van der Waals surface area (Å²) < 4.78 is 5.55. The quantitative estimate of drug-likeness (QED) is 0.905. The zero-order valence-corrected chi connectivity index (χ0v) is 10.5. The molecule has 2 heterocycles. The van der Waals surface area contributed by atoms with Crippen molar-refractivity contribution in [3.8, 4) is 10.8 Å². The lowest BCUT2D eigenvalue weighted by molar-refractivity contribution is 0.0688. The maximum absolute atomic E-state index is 11.1. The summed E-state index contributed by atoms with van der Waals surface area (Å²) in [6.07, 6.45) is 0.583. The lowest BCUT2D eigenvalue weighted by Crippen LogP contribution is -2.03. The van der Waals surface area contributed by atoms with E-state index in [1.165, 1.54) is 11.3 Å². The number of carboxylic acid groups (broad SMARTS) is 1. The lowest BCUT2D eigenvalue weighted by Gasteiger charge is -2.00. The number of carboxylic acids is 1. The fraction of sp³-hybridized carbons (Fsp3) is 0.333. The van der Waals surface area contributed by atoms with Gasteiger partial charge < -0.3 is 9.52 Å². The summed E-state index contributed by atoms with van der Waals surface area (Å²) in [5.41, 5.74) is 0.0297. The topological polar surface area (TPSA) is 63.3 Å². The predicted octanol–water partition coefficient (Wildman–Crippen LogP) is 3.30. The Hall–Kier alpha value is -1.62. The van der Waals surface area contributed by atoms with Gasteiger partial charge in [0.2, 0.25) is 5.89 Å². The SMILES string of the molecule is CC(C)Cc1oc(-c2cccs2)nc1C(=O)O. The molecule has 2 aromatic rings. The van der Waals surface area contributed by atoms with Crippen LogP contribution in [-0.2, 0) is 6.42 Å². The molecule has 0 saturated carbocycles.